The summed E-state index contributed by atoms with van der Waals surface area (Å²) in [5.74, 6) is -0.988. The van der Waals surface area contributed by atoms with Gasteiger partial charge in [0.15, 0.2) is 6.61 Å². The monoisotopic (exact) mass is 356 g/mol. The highest BCUT2D eigenvalue weighted by molar-refractivity contribution is 7.89. The molecule has 0 spiro atoms. The molecule has 0 unspecified atom stereocenters. The molecule has 0 fully saturated rings. The van der Waals surface area contributed by atoms with E-state index < -0.39 is 28.5 Å². The van der Waals surface area contributed by atoms with E-state index >= 15 is 0 Å². The van der Waals surface area contributed by atoms with Crippen molar-refractivity contribution >= 4 is 27.6 Å². The minimum atomic E-state index is -3.58. The molecule has 0 radical (unpaired) electrons. The number of nitrogens with zero attached hydrogens (tertiary/aromatic N) is 1. The van der Waals surface area contributed by atoms with Gasteiger partial charge >= 0.3 is 5.97 Å². The van der Waals surface area contributed by atoms with Gasteiger partial charge in [-0.1, -0.05) is 26.8 Å². The predicted octanol–water partition coefficient (Wildman–Crippen LogP) is 1.85. The fraction of sp³-hybridized carbons (Fsp3) is 0.500. The summed E-state index contributed by atoms with van der Waals surface area (Å²) in [6.45, 7) is 5.26. The number of sulfonamides is 1. The van der Waals surface area contributed by atoms with Crippen molar-refractivity contribution in [1.82, 2.24) is 4.31 Å². The Morgan fingerprint density at radius 3 is 2.38 bits per heavy atom. The zero-order valence-corrected chi connectivity index (χ0v) is 15.4. The molecule has 8 heteroatoms. The number of hydrogen-bond donors (Lipinski definition) is 1. The molecule has 1 N–H and O–H groups in total. The van der Waals surface area contributed by atoms with E-state index in [2.05, 4.69) is 5.32 Å². The number of nitrogens with one attached hydrogen (secondary N) is 1. The van der Waals surface area contributed by atoms with Crippen LogP contribution in [0.4, 0.5) is 5.69 Å². The second-order valence-electron chi connectivity index (χ2n) is 6.76. The van der Waals surface area contributed by atoms with Crippen LogP contribution in [0.5, 0.6) is 0 Å². The zero-order chi connectivity index (χ0) is 18.5. The Bertz CT molecular complexity index is 705. The third kappa shape index (κ3) is 6.29. The van der Waals surface area contributed by atoms with E-state index in [1.165, 1.54) is 32.3 Å². The van der Waals surface area contributed by atoms with Crippen LogP contribution < -0.4 is 5.32 Å². The number of carbonyl (C=O) groups excluding carboxylic acids is 2. The van der Waals surface area contributed by atoms with Crippen molar-refractivity contribution < 1.29 is 22.7 Å². The first-order valence-corrected chi connectivity index (χ1v) is 8.84. The number of hydrogen-bond acceptors (Lipinski definition) is 5. The number of benzene rings is 1. The van der Waals surface area contributed by atoms with Gasteiger partial charge in [0.05, 0.1) is 11.3 Å². The maximum atomic E-state index is 12.1. The summed E-state index contributed by atoms with van der Waals surface area (Å²) in [6.07, 6.45) is 0.205. The normalized spacial score (nSPS) is 12.1. The summed E-state index contributed by atoms with van der Waals surface area (Å²) >= 11 is 0. The molecule has 0 aliphatic rings. The molecule has 1 aromatic carbocycles. The SMILES string of the molecule is CN(C)S(=O)(=O)c1cccc(NC(=O)COC(=O)CC(C)(C)C)c1. The molecule has 0 saturated heterocycles. The first-order chi connectivity index (χ1) is 10.9. The van der Waals surface area contributed by atoms with E-state index in [4.69, 9.17) is 4.74 Å². The molecule has 0 aliphatic heterocycles. The van der Waals surface area contributed by atoms with E-state index in [9.17, 15) is 18.0 Å². The van der Waals surface area contributed by atoms with Crippen LogP contribution in [-0.2, 0) is 24.3 Å². The Kier molecular flexibility index (Phi) is 6.50. The van der Waals surface area contributed by atoms with Gasteiger partial charge in [0.25, 0.3) is 5.91 Å². The van der Waals surface area contributed by atoms with Crippen molar-refractivity contribution in [2.45, 2.75) is 32.1 Å². The highest BCUT2D eigenvalue weighted by Gasteiger charge is 2.19. The van der Waals surface area contributed by atoms with E-state index in [0.29, 0.717) is 5.69 Å². The molecular weight excluding hydrogens is 332 g/mol. The van der Waals surface area contributed by atoms with Crippen molar-refractivity contribution in [2.24, 2.45) is 5.41 Å². The second-order valence-corrected chi connectivity index (χ2v) is 8.91. The number of esters is 1. The Morgan fingerprint density at radius 2 is 1.83 bits per heavy atom. The summed E-state index contributed by atoms with van der Waals surface area (Å²) in [4.78, 5) is 23.5. The van der Waals surface area contributed by atoms with E-state index in [1.54, 1.807) is 6.07 Å². The number of rotatable bonds is 6. The van der Waals surface area contributed by atoms with Crippen molar-refractivity contribution in [3.05, 3.63) is 24.3 Å². The summed E-state index contributed by atoms with van der Waals surface area (Å²) in [5, 5.41) is 2.51. The van der Waals surface area contributed by atoms with Crippen LogP contribution in [-0.4, -0.2) is 45.3 Å². The van der Waals surface area contributed by atoms with Gasteiger partial charge in [-0.25, -0.2) is 12.7 Å². The van der Waals surface area contributed by atoms with Crippen LogP contribution in [0, 0.1) is 5.41 Å². The van der Waals surface area contributed by atoms with Crippen LogP contribution >= 0.6 is 0 Å². The van der Waals surface area contributed by atoms with E-state index in [-0.39, 0.29) is 16.7 Å². The van der Waals surface area contributed by atoms with Crippen molar-refractivity contribution in [2.75, 3.05) is 26.0 Å². The van der Waals surface area contributed by atoms with Gasteiger partial charge in [0.1, 0.15) is 0 Å². The third-order valence-electron chi connectivity index (χ3n) is 2.94. The first-order valence-electron chi connectivity index (χ1n) is 7.40. The highest BCUT2D eigenvalue weighted by Crippen LogP contribution is 2.19. The molecule has 1 aromatic rings. The molecule has 1 rings (SSSR count). The van der Waals surface area contributed by atoms with Gasteiger partial charge in [-0.3, -0.25) is 9.59 Å². The molecule has 0 atom stereocenters. The molecule has 7 nitrogen and oxygen atoms in total. The van der Waals surface area contributed by atoms with Crippen molar-refractivity contribution in [3.8, 4) is 0 Å². The highest BCUT2D eigenvalue weighted by atomic mass is 32.2. The predicted molar refractivity (Wildman–Crippen MR) is 91.0 cm³/mol. The minimum absolute atomic E-state index is 0.0648. The lowest BCUT2D eigenvalue weighted by atomic mass is 9.93. The van der Waals surface area contributed by atoms with Crippen LogP contribution in [0.3, 0.4) is 0 Å². The van der Waals surface area contributed by atoms with Crippen LogP contribution in [0.2, 0.25) is 0 Å². The Labute approximate surface area is 143 Å². The zero-order valence-electron chi connectivity index (χ0n) is 14.6. The molecule has 0 aliphatic carbocycles. The van der Waals surface area contributed by atoms with Crippen LogP contribution in [0.25, 0.3) is 0 Å². The molecule has 1 amide bonds. The van der Waals surface area contributed by atoms with Gasteiger partial charge in [-0.15, -0.1) is 0 Å². The number of anilines is 1. The summed E-state index contributed by atoms with van der Waals surface area (Å²) in [5.41, 5.74) is 0.0948. The Balaban J connectivity index is 2.67. The summed E-state index contributed by atoms with van der Waals surface area (Å²) in [7, 11) is -0.733. The van der Waals surface area contributed by atoms with Gasteiger partial charge in [0, 0.05) is 19.8 Å². The van der Waals surface area contributed by atoms with E-state index in [0.717, 1.165) is 4.31 Å². The molecule has 0 heterocycles. The third-order valence-corrected chi connectivity index (χ3v) is 4.75. The molecule has 24 heavy (non-hydrogen) atoms. The molecule has 134 valence electrons. The Morgan fingerprint density at radius 1 is 1.21 bits per heavy atom. The lowest BCUT2D eigenvalue weighted by Gasteiger charge is -2.16. The minimum Gasteiger partial charge on any atom is -0.456 e. The average Bonchev–Trinajstić information content (AvgIpc) is 2.43. The molecule has 0 saturated carbocycles. The fourth-order valence-electron chi connectivity index (χ4n) is 1.77. The number of amides is 1. The topological polar surface area (TPSA) is 92.8 Å². The van der Waals surface area contributed by atoms with E-state index in [1.807, 2.05) is 20.8 Å². The van der Waals surface area contributed by atoms with Crippen molar-refractivity contribution in [1.29, 1.82) is 0 Å². The molecular formula is C16H24N2O5S. The fourth-order valence-corrected chi connectivity index (χ4v) is 2.72. The van der Waals surface area contributed by atoms with Gasteiger partial charge in [-0.05, 0) is 23.6 Å². The smallest absolute Gasteiger partial charge is 0.306 e. The second kappa shape index (κ2) is 7.76. The summed E-state index contributed by atoms with van der Waals surface area (Å²) < 4.78 is 30.1. The maximum absolute atomic E-state index is 12.1. The largest absolute Gasteiger partial charge is 0.456 e. The van der Waals surface area contributed by atoms with Crippen LogP contribution in [0.1, 0.15) is 27.2 Å². The average molecular weight is 356 g/mol. The lowest BCUT2D eigenvalue weighted by Crippen LogP contribution is -2.24. The quantitative estimate of drug-likeness (QED) is 0.785. The van der Waals surface area contributed by atoms with Gasteiger partial charge in [-0.2, -0.15) is 0 Å². The van der Waals surface area contributed by atoms with Gasteiger partial charge < -0.3 is 10.1 Å². The molecule has 0 bridgehead atoms. The lowest BCUT2D eigenvalue weighted by molar-refractivity contribution is -0.149. The molecule has 0 aromatic heterocycles. The van der Waals surface area contributed by atoms with Crippen molar-refractivity contribution in [3.63, 3.8) is 0 Å². The van der Waals surface area contributed by atoms with Gasteiger partial charge in [0.2, 0.25) is 10.0 Å². The Hall–Kier alpha value is -1.93. The standard InChI is InChI=1S/C16H24N2O5S/c1-16(2,3)10-15(20)23-11-14(19)17-12-7-6-8-13(9-12)24(21,22)18(4)5/h6-9H,10-11H2,1-5H3,(H,17,19). The maximum Gasteiger partial charge on any atom is 0.306 e. The number of ether oxygens (including phenoxy) is 1. The first kappa shape index (κ1) is 20.1. The number of carbonyl (C=O) groups is 2. The van der Waals surface area contributed by atoms with Crippen LogP contribution in [0.15, 0.2) is 29.2 Å². The summed E-state index contributed by atoms with van der Waals surface area (Å²) in [6, 6.07) is 5.87.